The van der Waals surface area contributed by atoms with E-state index in [-0.39, 0.29) is 4.90 Å². The molecule has 0 radical (unpaired) electrons. The summed E-state index contributed by atoms with van der Waals surface area (Å²) in [7, 11) is -0.204. The van der Waals surface area contributed by atoms with Crippen LogP contribution >= 0.6 is 0 Å². The van der Waals surface area contributed by atoms with Crippen LogP contribution in [0.15, 0.2) is 41.8 Å². The maximum absolute atomic E-state index is 12.7. The Morgan fingerprint density at radius 2 is 1.62 bits per heavy atom. The zero-order valence-corrected chi connectivity index (χ0v) is 18.0. The van der Waals surface area contributed by atoms with Gasteiger partial charge in [-0.05, 0) is 62.4 Å². The van der Waals surface area contributed by atoms with Crippen LogP contribution in [-0.4, -0.2) is 51.4 Å². The number of rotatable bonds is 9. The second kappa shape index (κ2) is 10.1. The van der Waals surface area contributed by atoms with Crippen molar-refractivity contribution in [2.24, 2.45) is 11.8 Å². The molecule has 1 aliphatic carbocycles. The molecule has 0 N–H and O–H groups in total. The van der Waals surface area contributed by atoms with Gasteiger partial charge in [0.25, 0.3) is 0 Å². The van der Waals surface area contributed by atoms with Gasteiger partial charge < -0.3 is 4.90 Å². The fourth-order valence-corrected chi connectivity index (χ4v) is 5.10. The van der Waals surface area contributed by atoms with Gasteiger partial charge in [-0.3, -0.25) is 0 Å². The molecule has 0 saturated heterocycles. The Hall–Kier alpha value is -1.38. The molecule has 8 heteroatoms. The molecule has 0 spiro atoms. The van der Waals surface area contributed by atoms with E-state index in [1.807, 2.05) is 6.08 Å². The van der Waals surface area contributed by atoms with Crippen molar-refractivity contribution in [3.05, 3.63) is 42.5 Å². The van der Waals surface area contributed by atoms with Gasteiger partial charge >= 0.3 is 6.18 Å². The maximum Gasteiger partial charge on any atom is 0.416 e. The van der Waals surface area contributed by atoms with E-state index in [4.69, 9.17) is 0 Å². The zero-order chi connectivity index (χ0) is 21.7. The highest BCUT2D eigenvalue weighted by atomic mass is 32.2. The Kier molecular flexibility index (Phi) is 8.31. The van der Waals surface area contributed by atoms with Crippen LogP contribution in [-0.2, 0) is 16.2 Å². The van der Waals surface area contributed by atoms with Crippen LogP contribution in [0, 0.1) is 11.8 Å². The summed E-state index contributed by atoms with van der Waals surface area (Å²) >= 11 is 0. The van der Waals surface area contributed by atoms with Crippen LogP contribution in [0.3, 0.4) is 0 Å². The van der Waals surface area contributed by atoms with E-state index in [9.17, 15) is 21.6 Å². The smallest absolute Gasteiger partial charge is 0.302 e. The van der Waals surface area contributed by atoms with E-state index in [1.54, 1.807) is 0 Å². The SMILES string of the molecule is C=CCN(C)C[C@H]1CC[C@H](CCN(C)S(=O)(=O)c2ccc(C(F)(F)F)cc2)CC1. The zero-order valence-electron chi connectivity index (χ0n) is 17.2. The summed E-state index contributed by atoms with van der Waals surface area (Å²) in [5, 5.41) is 0. The van der Waals surface area contributed by atoms with Gasteiger partial charge in [-0.25, -0.2) is 12.7 Å². The van der Waals surface area contributed by atoms with Crippen LogP contribution < -0.4 is 0 Å². The van der Waals surface area contributed by atoms with Gasteiger partial charge in [-0.1, -0.05) is 18.9 Å². The van der Waals surface area contributed by atoms with Gasteiger partial charge in [0.15, 0.2) is 0 Å². The minimum absolute atomic E-state index is 0.109. The number of hydrogen-bond donors (Lipinski definition) is 0. The van der Waals surface area contributed by atoms with Gasteiger partial charge in [-0.2, -0.15) is 13.2 Å². The molecule has 4 nitrogen and oxygen atoms in total. The van der Waals surface area contributed by atoms with Gasteiger partial charge in [0.1, 0.15) is 0 Å². The minimum Gasteiger partial charge on any atom is -0.302 e. The van der Waals surface area contributed by atoms with Crippen molar-refractivity contribution in [2.45, 2.75) is 43.2 Å². The number of nitrogens with zero attached hydrogens (tertiary/aromatic N) is 2. The topological polar surface area (TPSA) is 40.6 Å². The lowest BCUT2D eigenvalue weighted by molar-refractivity contribution is -0.137. The number of alkyl halides is 3. The third kappa shape index (κ3) is 6.83. The normalized spacial score (nSPS) is 20.9. The van der Waals surface area contributed by atoms with Crippen molar-refractivity contribution in [3.8, 4) is 0 Å². The molecule has 1 saturated carbocycles. The number of halogens is 3. The van der Waals surface area contributed by atoms with E-state index in [0.717, 1.165) is 69.5 Å². The highest BCUT2D eigenvalue weighted by Crippen LogP contribution is 2.32. The fraction of sp³-hybridized carbons (Fsp3) is 0.619. The minimum atomic E-state index is -4.48. The largest absolute Gasteiger partial charge is 0.416 e. The Morgan fingerprint density at radius 1 is 1.07 bits per heavy atom. The summed E-state index contributed by atoms with van der Waals surface area (Å²) < 4.78 is 64.5. The average molecular weight is 433 g/mol. The van der Waals surface area contributed by atoms with Gasteiger partial charge in [0, 0.05) is 26.7 Å². The lowest BCUT2D eigenvalue weighted by atomic mass is 9.80. The van der Waals surface area contributed by atoms with Crippen LogP contribution in [0.2, 0.25) is 0 Å². The van der Waals surface area contributed by atoms with Crippen molar-refractivity contribution in [2.75, 3.05) is 33.7 Å². The average Bonchev–Trinajstić information content (AvgIpc) is 2.66. The van der Waals surface area contributed by atoms with Gasteiger partial charge in [-0.15, -0.1) is 6.58 Å². The number of hydrogen-bond acceptors (Lipinski definition) is 3. The summed E-state index contributed by atoms with van der Waals surface area (Å²) in [4.78, 5) is 2.16. The van der Waals surface area contributed by atoms with Crippen LogP contribution in [0.5, 0.6) is 0 Å². The maximum atomic E-state index is 12.7. The van der Waals surface area contributed by atoms with E-state index in [2.05, 4.69) is 18.5 Å². The second-order valence-corrected chi connectivity index (χ2v) is 10.1. The first-order valence-corrected chi connectivity index (χ1v) is 11.4. The highest BCUT2D eigenvalue weighted by molar-refractivity contribution is 7.89. The molecule has 1 aliphatic rings. The quantitative estimate of drug-likeness (QED) is 0.534. The molecule has 0 aromatic heterocycles. The Morgan fingerprint density at radius 3 is 2.14 bits per heavy atom. The molecule has 0 amide bonds. The van der Waals surface area contributed by atoms with Crippen molar-refractivity contribution < 1.29 is 21.6 Å². The molecule has 2 rings (SSSR count). The first-order valence-electron chi connectivity index (χ1n) is 9.97. The fourth-order valence-electron chi connectivity index (χ4n) is 3.92. The molecule has 1 aromatic carbocycles. The Bertz CT molecular complexity index is 755. The molecule has 0 bridgehead atoms. The first-order chi connectivity index (χ1) is 13.5. The van der Waals surface area contributed by atoms with E-state index >= 15 is 0 Å². The summed E-state index contributed by atoms with van der Waals surface area (Å²) in [5.74, 6) is 1.16. The van der Waals surface area contributed by atoms with Crippen molar-refractivity contribution in [1.29, 1.82) is 0 Å². The standard InChI is InChI=1S/C21H31F3N2O2S/c1-4-14-25(2)16-18-7-5-17(6-8-18)13-15-26(3)29(27,28)20-11-9-19(10-12-20)21(22,23)24/h4,9-12,17-18H,1,5-8,13-16H2,2-3H3/t17-,18-. The summed E-state index contributed by atoms with van der Waals surface area (Å²) in [5.41, 5.74) is -0.852. The lowest BCUT2D eigenvalue weighted by Crippen LogP contribution is -2.31. The second-order valence-electron chi connectivity index (χ2n) is 8.03. The van der Waals surface area contributed by atoms with E-state index in [0.29, 0.717) is 18.4 Å². The third-order valence-electron chi connectivity index (χ3n) is 5.72. The molecule has 29 heavy (non-hydrogen) atoms. The third-order valence-corrected chi connectivity index (χ3v) is 7.59. The molecule has 164 valence electrons. The number of benzene rings is 1. The van der Waals surface area contributed by atoms with Crippen LogP contribution in [0.4, 0.5) is 13.2 Å². The molecular weight excluding hydrogens is 401 g/mol. The predicted octanol–water partition coefficient (Wildman–Crippen LogP) is 4.64. The van der Waals surface area contributed by atoms with E-state index in [1.165, 1.54) is 11.4 Å². The molecule has 1 fully saturated rings. The van der Waals surface area contributed by atoms with E-state index < -0.39 is 21.8 Å². The summed E-state index contributed by atoms with van der Waals surface area (Å²) in [6.07, 6.45) is 2.64. The number of likely N-dealkylation sites (N-methyl/N-ethyl adjacent to an activating group) is 1. The monoisotopic (exact) mass is 432 g/mol. The van der Waals surface area contributed by atoms with Crippen molar-refractivity contribution in [1.82, 2.24) is 9.21 Å². The number of sulfonamides is 1. The molecule has 1 aromatic rings. The predicted molar refractivity (Wildman–Crippen MR) is 109 cm³/mol. The molecule has 0 atom stereocenters. The molecule has 0 heterocycles. The Balaban J connectivity index is 1.84. The highest BCUT2D eigenvalue weighted by Gasteiger charge is 2.31. The lowest BCUT2D eigenvalue weighted by Gasteiger charge is -2.31. The first kappa shape index (κ1) is 23.9. The molecular formula is C21H31F3N2O2S. The van der Waals surface area contributed by atoms with Crippen molar-refractivity contribution >= 4 is 10.0 Å². The van der Waals surface area contributed by atoms with Crippen molar-refractivity contribution in [3.63, 3.8) is 0 Å². The van der Waals surface area contributed by atoms with Crippen LogP contribution in [0.1, 0.15) is 37.7 Å². The molecule has 0 aliphatic heterocycles. The molecule has 0 unspecified atom stereocenters. The summed E-state index contributed by atoms with van der Waals surface area (Å²) in [6.45, 7) is 6.07. The summed E-state index contributed by atoms with van der Waals surface area (Å²) in [6, 6.07) is 3.68. The van der Waals surface area contributed by atoms with Gasteiger partial charge in [0.05, 0.1) is 10.5 Å². The Labute approximate surface area is 172 Å². The van der Waals surface area contributed by atoms with Gasteiger partial charge in [0.2, 0.25) is 10.0 Å². The van der Waals surface area contributed by atoms with Crippen LogP contribution in [0.25, 0.3) is 0 Å².